The molecule has 0 aliphatic heterocycles. The van der Waals surface area contributed by atoms with Crippen molar-refractivity contribution in [3.8, 4) is 11.1 Å². The summed E-state index contributed by atoms with van der Waals surface area (Å²) in [6.07, 6.45) is 0.891. The van der Waals surface area contributed by atoms with Crippen molar-refractivity contribution in [2.45, 2.75) is 19.8 Å². The van der Waals surface area contributed by atoms with Crippen molar-refractivity contribution in [1.82, 2.24) is 0 Å². The Balaban J connectivity index is 1.75. The fourth-order valence-electron chi connectivity index (χ4n) is 2.82. The van der Waals surface area contributed by atoms with Crippen LogP contribution in [-0.4, -0.2) is 17.0 Å². The Kier molecular flexibility index (Phi) is 5.94. The number of amides is 1. The molecule has 0 fully saturated rings. The summed E-state index contributed by atoms with van der Waals surface area (Å²) < 4.78 is 0. The number of carboxylic acid groups (broad SMARTS) is 1. The van der Waals surface area contributed by atoms with Crippen LogP contribution in [0.1, 0.15) is 27.9 Å². The minimum atomic E-state index is -1.07. The zero-order valence-corrected chi connectivity index (χ0v) is 16.2. The lowest BCUT2D eigenvalue weighted by molar-refractivity contribution is -0.116. The molecule has 1 amide bonds. The highest BCUT2D eigenvalue weighted by Gasteiger charge is 2.21. The second kappa shape index (κ2) is 8.37. The summed E-state index contributed by atoms with van der Waals surface area (Å²) in [5.74, 6) is -1.28. The third kappa shape index (κ3) is 4.76. The molecular weight excluding hydrogens is 382 g/mol. The largest absolute Gasteiger partial charge is 0.478 e. The van der Waals surface area contributed by atoms with Gasteiger partial charge in [-0.25, -0.2) is 4.79 Å². The van der Waals surface area contributed by atoms with E-state index in [1.54, 1.807) is 29.6 Å². The van der Waals surface area contributed by atoms with E-state index in [1.165, 1.54) is 11.3 Å². The van der Waals surface area contributed by atoms with Gasteiger partial charge in [-0.2, -0.15) is 0 Å². The summed E-state index contributed by atoms with van der Waals surface area (Å²) in [6.45, 7) is 2.01. The zero-order valence-electron chi connectivity index (χ0n) is 14.7. The van der Waals surface area contributed by atoms with Gasteiger partial charge in [-0.15, -0.1) is 11.3 Å². The molecule has 0 spiro atoms. The maximum absolute atomic E-state index is 12.3. The summed E-state index contributed by atoms with van der Waals surface area (Å²) >= 11 is 7.11. The molecule has 3 aromatic rings. The first kappa shape index (κ1) is 19.1. The van der Waals surface area contributed by atoms with E-state index in [1.807, 2.05) is 31.2 Å². The van der Waals surface area contributed by atoms with Crippen LogP contribution < -0.4 is 5.32 Å². The lowest BCUT2D eigenvalue weighted by atomic mass is 10.0. The molecule has 0 atom stereocenters. The van der Waals surface area contributed by atoms with Crippen molar-refractivity contribution < 1.29 is 14.7 Å². The second-order valence-corrected chi connectivity index (χ2v) is 7.52. The van der Waals surface area contributed by atoms with Gasteiger partial charge in [0, 0.05) is 22.4 Å². The van der Waals surface area contributed by atoms with Crippen LogP contribution in [0.15, 0.2) is 53.9 Å². The van der Waals surface area contributed by atoms with Crippen LogP contribution in [0.25, 0.3) is 11.1 Å². The fourth-order valence-corrected chi connectivity index (χ4v) is 3.92. The topological polar surface area (TPSA) is 66.4 Å². The number of carboxylic acids is 1. The van der Waals surface area contributed by atoms with E-state index >= 15 is 0 Å². The highest BCUT2D eigenvalue weighted by Crippen LogP contribution is 2.36. The number of aromatic carboxylic acids is 1. The van der Waals surface area contributed by atoms with Crippen molar-refractivity contribution in [1.29, 1.82) is 0 Å². The molecule has 0 aliphatic carbocycles. The monoisotopic (exact) mass is 399 g/mol. The molecule has 0 bridgehead atoms. The van der Waals surface area contributed by atoms with E-state index in [9.17, 15) is 14.7 Å². The summed E-state index contributed by atoms with van der Waals surface area (Å²) in [5.41, 5.74) is 3.64. The van der Waals surface area contributed by atoms with Gasteiger partial charge in [0.2, 0.25) is 5.91 Å². The summed E-state index contributed by atoms with van der Waals surface area (Å²) in [5, 5.41) is 15.0. The SMILES string of the molecule is Cc1cccc(CCC(=O)Nc2scc(-c3ccc(Cl)cc3)c2C(=O)O)c1. The predicted octanol–water partition coefficient (Wildman–Crippen LogP) is 5.65. The molecule has 0 aliphatic rings. The van der Waals surface area contributed by atoms with Gasteiger partial charge >= 0.3 is 5.97 Å². The number of carbonyl (C=O) groups is 2. The van der Waals surface area contributed by atoms with Gasteiger partial charge in [-0.05, 0) is 36.6 Å². The smallest absolute Gasteiger partial charge is 0.339 e. The van der Waals surface area contributed by atoms with Crippen LogP contribution in [0.4, 0.5) is 5.00 Å². The molecule has 27 heavy (non-hydrogen) atoms. The summed E-state index contributed by atoms with van der Waals surface area (Å²) in [7, 11) is 0. The van der Waals surface area contributed by atoms with Gasteiger partial charge in [-0.3, -0.25) is 4.79 Å². The zero-order chi connectivity index (χ0) is 19.4. The lowest BCUT2D eigenvalue weighted by Crippen LogP contribution is -2.14. The first-order valence-electron chi connectivity index (χ1n) is 8.40. The van der Waals surface area contributed by atoms with Crippen LogP contribution in [0.5, 0.6) is 0 Å². The van der Waals surface area contributed by atoms with E-state index in [2.05, 4.69) is 5.32 Å². The molecular formula is C21H18ClNO3S. The lowest BCUT2D eigenvalue weighted by Gasteiger charge is -2.07. The quantitative estimate of drug-likeness (QED) is 0.563. The molecule has 0 radical (unpaired) electrons. The van der Waals surface area contributed by atoms with Crippen molar-refractivity contribution in [2.75, 3.05) is 5.32 Å². The Morgan fingerprint density at radius 3 is 2.56 bits per heavy atom. The molecule has 2 aromatic carbocycles. The number of hydrogen-bond donors (Lipinski definition) is 2. The second-order valence-electron chi connectivity index (χ2n) is 6.20. The average molecular weight is 400 g/mol. The minimum Gasteiger partial charge on any atom is -0.478 e. The number of rotatable bonds is 6. The summed E-state index contributed by atoms with van der Waals surface area (Å²) in [4.78, 5) is 24.1. The van der Waals surface area contributed by atoms with E-state index < -0.39 is 5.97 Å². The predicted molar refractivity (Wildman–Crippen MR) is 110 cm³/mol. The fraction of sp³-hybridized carbons (Fsp3) is 0.143. The third-order valence-corrected chi connectivity index (χ3v) is 5.28. The van der Waals surface area contributed by atoms with Crippen LogP contribution in [0.3, 0.4) is 0 Å². The molecule has 0 saturated carbocycles. The molecule has 4 nitrogen and oxygen atoms in total. The van der Waals surface area contributed by atoms with Gasteiger partial charge in [0.1, 0.15) is 10.6 Å². The minimum absolute atomic E-state index is 0.103. The molecule has 0 unspecified atom stereocenters. The number of nitrogens with one attached hydrogen (secondary N) is 1. The van der Waals surface area contributed by atoms with E-state index in [4.69, 9.17) is 11.6 Å². The van der Waals surface area contributed by atoms with E-state index in [0.29, 0.717) is 22.0 Å². The molecule has 2 N–H and O–H groups in total. The molecule has 0 saturated heterocycles. The number of benzene rings is 2. The highest BCUT2D eigenvalue weighted by molar-refractivity contribution is 7.15. The maximum Gasteiger partial charge on any atom is 0.339 e. The highest BCUT2D eigenvalue weighted by atomic mass is 35.5. The molecule has 1 heterocycles. The van der Waals surface area contributed by atoms with Crippen molar-refractivity contribution in [3.05, 3.63) is 75.6 Å². The molecule has 6 heteroatoms. The van der Waals surface area contributed by atoms with Crippen molar-refractivity contribution in [3.63, 3.8) is 0 Å². The van der Waals surface area contributed by atoms with Gasteiger partial charge in [0.25, 0.3) is 0 Å². The summed E-state index contributed by atoms with van der Waals surface area (Å²) in [6, 6.07) is 14.9. The first-order valence-corrected chi connectivity index (χ1v) is 9.66. The molecule has 1 aromatic heterocycles. The normalized spacial score (nSPS) is 10.6. The molecule has 3 rings (SSSR count). The Hall–Kier alpha value is -2.63. The number of hydrogen-bond acceptors (Lipinski definition) is 3. The Labute approximate surface area is 166 Å². The number of halogens is 1. The van der Waals surface area contributed by atoms with Gasteiger partial charge in [0.15, 0.2) is 0 Å². The van der Waals surface area contributed by atoms with Crippen LogP contribution >= 0.6 is 22.9 Å². The Morgan fingerprint density at radius 2 is 1.89 bits per heavy atom. The molecule has 138 valence electrons. The standard InChI is InChI=1S/C21H18ClNO3S/c1-13-3-2-4-14(11-13)5-10-18(24)23-20-19(21(25)26)17(12-27-20)15-6-8-16(22)9-7-15/h2-4,6-9,11-12H,5,10H2,1H3,(H,23,24)(H,25,26). The maximum atomic E-state index is 12.3. The van der Waals surface area contributed by atoms with Crippen molar-refractivity contribution in [2.24, 2.45) is 0 Å². The van der Waals surface area contributed by atoms with Gasteiger partial charge < -0.3 is 10.4 Å². The van der Waals surface area contributed by atoms with Gasteiger partial charge in [0.05, 0.1) is 0 Å². The van der Waals surface area contributed by atoms with E-state index in [-0.39, 0.29) is 17.9 Å². The van der Waals surface area contributed by atoms with Crippen LogP contribution in [0, 0.1) is 6.92 Å². The van der Waals surface area contributed by atoms with Crippen LogP contribution in [-0.2, 0) is 11.2 Å². The average Bonchev–Trinajstić information content (AvgIpc) is 3.04. The number of carbonyl (C=O) groups excluding carboxylic acids is 1. The van der Waals surface area contributed by atoms with E-state index in [0.717, 1.165) is 16.7 Å². The van der Waals surface area contributed by atoms with Crippen molar-refractivity contribution >= 4 is 39.8 Å². The number of aryl methyl sites for hydroxylation is 2. The van der Waals surface area contributed by atoms with Gasteiger partial charge in [-0.1, -0.05) is 53.6 Å². The first-order chi connectivity index (χ1) is 12.9. The van der Waals surface area contributed by atoms with Crippen LogP contribution in [0.2, 0.25) is 5.02 Å². The number of thiophene rings is 1. The Morgan fingerprint density at radius 1 is 1.15 bits per heavy atom. The Bertz CT molecular complexity index is 979. The third-order valence-electron chi connectivity index (χ3n) is 4.14. The number of anilines is 1.